The van der Waals surface area contributed by atoms with Gasteiger partial charge >= 0.3 is 0 Å². The van der Waals surface area contributed by atoms with Gasteiger partial charge in [0.1, 0.15) is 5.54 Å². The minimum absolute atomic E-state index is 0.0150. The number of rotatable bonds is 4. The zero-order valence-corrected chi connectivity index (χ0v) is 19.0. The molecule has 4 amide bonds. The first-order chi connectivity index (χ1) is 16.4. The van der Waals surface area contributed by atoms with E-state index in [9.17, 15) is 19.2 Å². The lowest BCUT2D eigenvalue weighted by molar-refractivity contribution is -0.126. The molecule has 9 heteroatoms. The highest BCUT2D eigenvalue weighted by Crippen LogP contribution is 2.38. The van der Waals surface area contributed by atoms with Crippen molar-refractivity contribution in [3.63, 3.8) is 0 Å². The number of amides is 4. The number of likely N-dealkylation sites (tertiary alicyclic amines) is 1. The average Bonchev–Trinajstić information content (AvgIpc) is 3.30. The van der Waals surface area contributed by atoms with Gasteiger partial charge in [0.25, 0.3) is 5.91 Å². The summed E-state index contributed by atoms with van der Waals surface area (Å²) in [6, 6.07) is 16.0. The summed E-state index contributed by atoms with van der Waals surface area (Å²) in [6.45, 7) is 2.95. The Balaban J connectivity index is 1.31. The number of carbonyl (C=O) groups excluding carboxylic acids is 4. The standard InChI is InChI=1S/C25H27N5O4/c1-17(31)27-18-6-5-9-20(14-18)30-22(32)15-21(23(30)33)28-12-10-25(11-13-28)24(34)26-16-29(25)19-7-3-2-4-8-19/h2-9,14,21H,10-13,15-16H2,1H3,(H,26,34)(H,27,31). The zero-order valence-electron chi connectivity index (χ0n) is 19.0. The number of nitrogens with zero attached hydrogens (tertiary/aromatic N) is 3. The molecule has 3 aliphatic rings. The van der Waals surface area contributed by atoms with Gasteiger partial charge in [-0.3, -0.25) is 24.1 Å². The highest BCUT2D eigenvalue weighted by molar-refractivity contribution is 6.22. The predicted molar refractivity (Wildman–Crippen MR) is 127 cm³/mol. The summed E-state index contributed by atoms with van der Waals surface area (Å²) in [5, 5.41) is 5.67. The second kappa shape index (κ2) is 8.57. The molecule has 3 saturated heterocycles. The first-order valence-electron chi connectivity index (χ1n) is 11.5. The number of para-hydroxylation sites is 1. The van der Waals surface area contributed by atoms with Crippen LogP contribution in [0.3, 0.4) is 0 Å². The molecular formula is C25H27N5O4. The van der Waals surface area contributed by atoms with Crippen molar-refractivity contribution < 1.29 is 19.2 Å². The SMILES string of the molecule is CC(=O)Nc1cccc(N2C(=O)CC(N3CCC4(CC3)C(=O)NCN4c3ccccc3)C2=O)c1. The molecule has 1 atom stereocenters. The Morgan fingerprint density at radius 3 is 2.41 bits per heavy atom. The van der Waals surface area contributed by atoms with Crippen molar-refractivity contribution in [1.82, 2.24) is 10.2 Å². The van der Waals surface area contributed by atoms with Crippen LogP contribution in [0.4, 0.5) is 17.1 Å². The molecule has 3 fully saturated rings. The largest absolute Gasteiger partial charge is 0.339 e. The molecule has 0 radical (unpaired) electrons. The Morgan fingerprint density at radius 2 is 1.71 bits per heavy atom. The minimum Gasteiger partial charge on any atom is -0.339 e. The molecule has 9 nitrogen and oxygen atoms in total. The third-order valence-electron chi connectivity index (χ3n) is 7.02. The Kier molecular flexibility index (Phi) is 5.57. The van der Waals surface area contributed by atoms with Crippen LogP contribution in [0.25, 0.3) is 0 Å². The fourth-order valence-electron chi connectivity index (χ4n) is 5.34. The molecule has 2 aromatic rings. The second-order valence-corrected chi connectivity index (χ2v) is 9.01. The molecule has 0 aromatic heterocycles. The van der Waals surface area contributed by atoms with Gasteiger partial charge in [0.05, 0.1) is 24.8 Å². The van der Waals surface area contributed by atoms with Crippen LogP contribution in [0.15, 0.2) is 54.6 Å². The van der Waals surface area contributed by atoms with Crippen LogP contribution < -0.4 is 20.4 Å². The summed E-state index contributed by atoms with van der Waals surface area (Å²) in [5.74, 6) is -0.741. The molecule has 2 N–H and O–H groups in total. The summed E-state index contributed by atoms with van der Waals surface area (Å²) in [4.78, 5) is 55.8. The lowest BCUT2D eigenvalue weighted by Crippen LogP contribution is -2.58. The summed E-state index contributed by atoms with van der Waals surface area (Å²) in [7, 11) is 0. The summed E-state index contributed by atoms with van der Waals surface area (Å²) < 4.78 is 0. The number of nitrogens with one attached hydrogen (secondary N) is 2. The van der Waals surface area contributed by atoms with E-state index in [4.69, 9.17) is 0 Å². The van der Waals surface area contributed by atoms with Crippen LogP contribution in [0.2, 0.25) is 0 Å². The van der Waals surface area contributed by atoms with Crippen molar-refractivity contribution >= 4 is 40.7 Å². The fourth-order valence-corrected chi connectivity index (χ4v) is 5.34. The average molecular weight is 462 g/mol. The van der Waals surface area contributed by atoms with E-state index in [0.717, 1.165) is 5.69 Å². The van der Waals surface area contributed by atoms with Crippen LogP contribution >= 0.6 is 0 Å². The minimum atomic E-state index is -0.643. The van der Waals surface area contributed by atoms with E-state index in [1.807, 2.05) is 35.2 Å². The Bertz CT molecular complexity index is 1140. The van der Waals surface area contributed by atoms with Crippen LogP contribution in [0, 0.1) is 0 Å². The summed E-state index contributed by atoms with van der Waals surface area (Å²) in [6.07, 6.45) is 1.25. The highest BCUT2D eigenvalue weighted by Gasteiger charge is 2.52. The van der Waals surface area contributed by atoms with E-state index >= 15 is 0 Å². The molecule has 0 bridgehead atoms. The maximum absolute atomic E-state index is 13.3. The predicted octanol–water partition coefficient (Wildman–Crippen LogP) is 1.71. The molecule has 3 heterocycles. The maximum Gasteiger partial charge on any atom is 0.251 e. The van der Waals surface area contributed by atoms with Crippen LogP contribution in [-0.4, -0.2) is 59.9 Å². The lowest BCUT2D eigenvalue weighted by atomic mass is 9.85. The van der Waals surface area contributed by atoms with E-state index in [1.54, 1.807) is 24.3 Å². The van der Waals surface area contributed by atoms with Gasteiger partial charge in [0.2, 0.25) is 17.7 Å². The summed E-state index contributed by atoms with van der Waals surface area (Å²) in [5.41, 5.74) is 1.33. The molecule has 5 rings (SSSR count). The molecule has 2 aromatic carbocycles. The zero-order chi connectivity index (χ0) is 23.9. The van der Waals surface area contributed by atoms with E-state index < -0.39 is 11.6 Å². The van der Waals surface area contributed by atoms with Gasteiger partial charge in [-0.1, -0.05) is 24.3 Å². The number of piperidine rings is 1. The van der Waals surface area contributed by atoms with E-state index in [0.29, 0.717) is 44.0 Å². The quantitative estimate of drug-likeness (QED) is 0.672. The first-order valence-corrected chi connectivity index (χ1v) is 11.5. The number of hydrogen-bond acceptors (Lipinski definition) is 6. The fraction of sp³-hybridized carbons (Fsp3) is 0.360. The van der Waals surface area contributed by atoms with E-state index in [-0.39, 0.29) is 30.0 Å². The van der Waals surface area contributed by atoms with Crippen molar-refractivity contribution in [2.45, 2.75) is 37.8 Å². The monoisotopic (exact) mass is 461 g/mol. The van der Waals surface area contributed by atoms with Crippen molar-refractivity contribution in [2.24, 2.45) is 0 Å². The van der Waals surface area contributed by atoms with Gasteiger partial charge < -0.3 is 15.5 Å². The molecule has 1 spiro atoms. The number of carbonyl (C=O) groups is 4. The topological polar surface area (TPSA) is 102 Å². The number of anilines is 3. The molecule has 1 unspecified atom stereocenters. The van der Waals surface area contributed by atoms with Gasteiger partial charge in [-0.15, -0.1) is 0 Å². The first kappa shape index (κ1) is 22.1. The third-order valence-corrected chi connectivity index (χ3v) is 7.02. The third kappa shape index (κ3) is 3.71. The van der Waals surface area contributed by atoms with Crippen molar-refractivity contribution in [3.05, 3.63) is 54.6 Å². The Hall–Kier alpha value is -3.72. The second-order valence-electron chi connectivity index (χ2n) is 9.01. The molecule has 176 valence electrons. The molecule has 34 heavy (non-hydrogen) atoms. The number of hydrogen-bond donors (Lipinski definition) is 2. The smallest absolute Gasteiger partial charge is 0.251 e. The van der Waals surface area contributed by atoms with Crippen molar-refractivity contribution in [3.8, 4) is 0 Å². The molecule has 0 saturated carbocycles. The summed E-state index contributed by atoms with van der Waals surface area (Å²) >= 11 is 0. The molecule has 3 aliphatic heterocycles. The molecular weight excluding hydrogens is 434 g/mol. The normalized spacial score (nSPS) is 22.4. The van der Waals surface area contributed by atoms with Crippen molar-refractivity contribution in [1.29, 1.82) is 0 Å². The number of benzene rings is 2. The van der Waals surface area contributed by atoms with Gasteiger partial charge in [-0.05, 0) is 43.2 Å². The Morgan fingerprint density at radius 1 is 1.00 bits per heavy atom. The lowest BCUT2D eigenvalue weighted by Gasteiger charge is -2.44. The van der Waals surface area contributed by atoms with Crippen LogP contribution in [0.5, 0.6) is 0 Å². The maximum atomic E-state index is 13.3. The van der Waals surface area contributed by atoms with Crippen LogP contribution in [-0.2, 0) is 19.2 Å². The van der Waals surface area contributed by atoms with Gasteiger partial charge in [-0.2, -0.15) is 0 Å². The molecule has 0 aliphatic carbocycles. The van der Waals surface area contributed by atoms with Gasteiger partial charge in [0.15, 0.2) is 0 Å². The van der Waals surface area contributed by atoms with Gasteiger partial charge in [-0.25, -0.2) is 4.90 Å². The van der Waals surface area contributed by atoms with Gasteiger partial charge in [0, 0.05) is 31.4 Å². The Labute approximate surface area is 197 Å². The van der Waals surface area contributed by atoms with E-state index in [1.165, 1.54) is 11.8 Å². The van der Waals surface area contributed by atoms with Crippen LogP contribution in [0.1, 0.15) is 26.2 Å². The van der Waals surface area contributed by atoms with Crippen molar-refractivity contribution in [2.75, 3.05) is 34.9 Å². The highest BCUT2D eigenvalue weighted by atomic mass is 16.2. The van der Waals surface area contributed by atoms with E-state index in [2.05, 4.69) is 15.5 Å². The number of imide groups is 1.